The number of hydrogen-bond donors (Lipinski definition) is 2. The number of aliphatic imine (C=N–C) groups is 1. The number of hydrogen-bond acceptors (Lipinski definition) is 4. The molecule has 0 amide bonds. The van der Waals surface area contributed by atoms with Crippen LogP contribution in [0.25, 0.3) is 0 Å². The summed E-state index contributed by atoms with van der Waals surface area (Å²) in [4.78, 5) is 9.71. The Morgan fingerprint density at radius 3 is 2.36 bits per heavy atom. The first-order chi connectivity index (χ1) is 13.2. The lowest BCUT2D eigenvalue weighted by atomic mass is 9.92. The van der Waals surface area contributed by atoms with Gasteiger partial charge in [-0.2, -0.15) is 0 Å². The van der Waals surface area contributed by atoms with Crippen LogP contribution >= 0.6 is 24.0 Å². The van der Waals surface area contributed by atoms with Crippen LogP contribution in [-0.4, -0.2) is 87.4 Å². The molecule has 6 nitrogen and oxygen atoms in total. The van der Waals surface area contributed by atoms with E-state index >= 15 is 0 Å². The van der Waals surface area contributed by atoms with E-state index in [0.717, 1.165) is 51.4 Å². The first-order valence-electron chi connectivity index (χ1n) is 11.3. The minimum Gasteiger partial charge on any atom is -0.379 e. The molecule has 28 heavy (non-hydrogen) atoms. The van der Waals surface area contributed by atoms with Crippen LogP contribution in [0.3, 0.4) is 0 Å². The van der Waals surface area contributed by atoms with Crippen molar-refractivity contribution in [2.45, 2.75) is 64.0 Å². The summed E-state index contributed by atoms with van der Waals surface area (Å²) >= 11 is 0. The zero-order chi connectivity index (χ0) is 18.9. The summed E-state index contributed by atoms with van der Waals surface area (Å²) in [7, 11) is 1.89. The van der Waals surface area contributed by atoms with Gasteiger partial charge in [-0.1, -0.05) is 26.2 Å². The summed E-state index contributed by atoms with van der Waals surface area (Å²) in [6.45, 7) is 10.8. The first kappa shape index (κ1) is 24.2. The van der Waals surface area contributed by atoms with E-state index < -0.39 is 0 Å². The third kappa shape index (κ3) is 7.95. The Bertz CT molecular complexity index is 444. The molecule has 0 aromatic carbocycles. The highest BCUT2D eigenvalue weighted by Gasteiger charge is 2.26. The molecule has 0 spiro atoms. The molecule has 2 saturated heterocycles. The second-order valence-corrected chi connectivity index (χ2v) is 8.72. The number of guanidine groups is 1. The number of nitrogens with one attached hydrogen (secondary N) is 2. The Labute approximate surface area is 189 Å². The molecule has 0 aromatic heterocycles. The van der Waals surface area contributed by atoms with Gasteiger partial charge in [-0.3, -0.25) is 9.89 Å². The fourth-order valence-corrected chi connectivity index (χ4v) is 4.80. The van der Waals surface area contributed by atoms with E-state index in [4.69, 9.17) is 4.74 Å². The standard InChI is InChI=1S/C21H41N5O.HI/c1-18(17-25-12-14-27-15-13-25)16-23-21(22-2)24-19-8-10-26(11-9-19)20-6-4-3-5-7-20;/h18-20H,3-17H2,1-2H3,(H2,22,23,24);1H. The molecule has 164 valence electrons. The average Bonchev–Trinajstić information content (AvgIpc) is 2.73. The van der Waals surface area contributed by atoms with Crippen LogP contribution in [0, 0.1) is 5.92 Å². The number of ether oxygens (including phenoxy) is 1. The predicted molar refractivity (Wildman–Crippen MR) is 128 cm³/mol. The Morgan fingerprint density at radius 2 is 1.71 bits per heavy atom. The number of nitrogens with zero attached hydrogens (tertiary/aromatic N) is 3. The van der Waals surface area contributed by atoms with E-state index in [1.165, 1.54) is 58.0 Å². The summed E-state index contributed by atoms with van der Waals surface area (Å²) in [6.07, 6.45) is 9.62. The maximum Gasteiger partial charge on any atom is 0.191 e. The van der Waals surface area contributed by atoms with Crippen LogP contribution in [0.4, 0.5) is 0 Å². The normalized spacial score (nSPS) is 25.1. The van der Waals surface area contributed by atoms with Crippen molar-refractivity contribution in [2.24, 2.45) is 10.9 Å². The van der Waals surface area contributed by atoms with Gasteiger partial charge >= 0.3 is 0 Å². The Hall–Kier alpha value is -0.120. The molecule has 1 aliphatic carbocycles. The average molecular weight is 508 g/mol. The van der Waals surface area contributed by atoms with Gasteiger partial charge in [0.05, 0.1) is 13.2 Å². The molecule has 7 heteroatoms. The van der Waals surface area contributed by atoms with Crippen molar-refractivity contribution < 1.29 is 4.74 Å². The highest BCUT2D eigenvalue weighted by molar-refractivity contribution is 14.0. The highest BCUT2D eigenvalue weighted by Crippen LogP contribution is 2.25. The van der Waals surface area contributed by atoms with Crippen molar-refractivity contribution in [3.63, 3.8) is 0 Å². The van der Waals surface area contributed by atoms with Gasteiger partial charge in [0.1, 0.15) is 0 Å². The topological polar surface area (TPSA) is 52.1 Å². The van der Waals surface area contributed by atoms with E-state index in [0.29, 0.717) is 12.0 Å². The maximum absolute atomic E-state index is 5.44. The maximum atomic E-state index is 5.44. The molecule has 0 aromatic rings. The van der Waals surface area contributed by atoms with Gasteiger partial charge in [0, 0.05) is 58.4 Å². The van der Waals surface area contributed by atoms with Crippen molar-refractivity contribution in [3.05, 3.63) is 0 Å². The molecule has 1 unspecified atom stereocenters. The lowest BCUT2D eigenvalue weighted by Crippen LogP contribution is -2.51. The van der Waals surface area contributed by atoms with Gasteiger partial charge in [-0.15, -0.1) is 24.0 Å². The molecule has 0 bridgehead atoms. The molecule has 1 atom stereocenters. The second-order valence-electron chi connectivity index (χ2n) is 8.72. The van der Waals surface area contributed by atoms with Crippen LogP contribution in [0.2, 0.25) is 0 Å². The molecule has 3 rings (SSSR count). The van der Waals surface area contributed by atoms with Gasteiger partial charge in [0.2, 0.25) is 0 Å². The van der Waals surface area contributed by atoms with Crippen LogP contribution in [0.5, 0.6) is 0 Å². The zero-order valence-corrected chi connectivity index (χ0v) is 20.3. The van der Waals surface area contributed by atoms with Gasteiger partial charge in [0.25, 0.3) is 0 Å². The van der Waals surface area contributed by atoms with Gasteiger partial charge in [-0.05, 0) is 31.6 Å². The minimum absolute atomic E-state index is 0. The van der Waals surface area contributed by atoms with E-state index in [1.807, 2.05) is 7.05 Å². The number of morpholine rings is 1. The number of rotatable bonds is 6. The lowest BCUT2D eigenvalue weighted by Gasteiger charge is -2.39. The molecule has 2 aliphatic heterocycles. The second kappa shape index (κ2) is 13.2. The van der Waals surface area contributed by atoms with Crippen molar-refractivity contribution in [2.75, 3.05) is 59.5 Å². The summed E-state index contributed by atoms with van der Waals surface area (Å²) in [5, 5.41) is 7.21. The summed E-state index contributed by atoms with van der Waals surface area (Å²) in [5.74, 6) is 1.58. The van der Waals surface area contributed by atoms with Gasteiger partial charge < -0.3 is 20.3 Å². The number of halogens is 1. The smallest absolute Gasteiger partial charge is 0.191 e. The van der Waals surface area contributed by atoms with Crippen LogP contribution in [-0.2, 0) is 4.74 Å². The summed E-state index contributed by atoms with van der Waals surface area (Å²) < 4.78 is 5.44. The van der Waals surface area contributed by atoms with Crippen LogP contribution in [0.15, 0.2) is 4.99 Å². The SMILES string of the molecule is CN=C(NCC(C)CN1CCOCC1)NC1CCN(C2CCCCC2)CC1.I. The highest BCUT2D eigenvalue weighted by atomic mass is 127. The first-order valence-corrected chi connectivity index (χ1v) is 11.3. The van der Waals surface area contributed by atoms with E-state index in [-0.39, 0.29) is 24.0 Å². The Balaban J connectivity index is 0.00000280. The van der Waals surface area contributed by atoms with E-state index in [1.54, 1.807) is 0 Å². The van der Waals surface area contributed by atoms with Crippen molar-refractivity contribution in [3.8, 4) is 0 Å². The predicted octanol–water partition coefficient (Wildman–Crippen LogP) is 2.53. The molecule has 3 aliphatic rings. The van der Waals surface area contributed by atoms with Gasteiger partial charge in [0.15, 0.2) is 5.96 Å². The number of piperidine rings is 1. The zero-order valence-electron chi connectivity index (χ0n) is 18.0. The van der Waals surface area contributed by atoms with E-state index in [9.17, 15) is 0 Å². The fraction of sp³-hybridized carbons (Fsp3) is 0.952. The molecular weight excluding hydrogens is 465 g/mol. The molecule has 2 N–H and O–H groups in total. The van der Waals surface area contributed by atoms with Gasteiger partial charge in [-0.25, -0.2) is 0 Å². The van der Waals surface area contributed by atoms with Crippen molar-refractivity contribution in [1.29, 1.82) is 0 Å². The summed E-state index contributed by atoms with van der Waals surface area (Å²) in [6, 6.07) is 1.42. The quantitative estimate of drug-likeness (QED) is 0.329. The molecule has 3 fully saturated rings. The largest absolute Gasteiger partial charge is 0.379 e. The van der Waals surface area contributed by atoms with E-state index in [2.05, 4.69) is 32.3 Å². The molecular formula is C21H42IN5O. The molecule has 0 radical (unpaired) electrons. The van der Waals surface area contributed by atoms with Crippen LogP contribution in [0.1, 0.15) is 51.9 Å². The number of likely N-dealkylation sites (tertiary alicyclic amines) is 1. The Morgan fingerprint density at radius 1 is 1.04 bits per heavy atom. The lowest BCUT2D eigenvalue weighted by molar-refractivity contribution is 0.0320. The fourth-order valence-electron chi connectivity index (χ4n) is 4.80. The van der Waals surface area contributed by atoms with Crippen molar-refractivity contribution in [1.82, 2.24) is 20.4 Å². The third-order valence-corrected chi connectivity index (χ3v) is 6.48. The van der Waals surface area contributed by atoms with Crippen LogP contribution < -0.4 is 10.6 Å². The Kier molecular flexibility index (Phi) is 11.4. The molecule has 1 saturated carbocycles. The minimum atomic E-state index is 0. The monoisotopic (exact) mass is 507 g/mol. The van der Waals surface area contributed by atoms with Crippen molar-refractivity contribution >= 4 is 29.9 Å². The third-order valence-electron chi connectivity index (χ3n) is 6.48. The summed E-state index contributed by atoms with van der Waals surface area (Å²) in [5.41, 5.74) is 0. The molecule has 2 heterocycles.